The van der Waals surface area contributed by atoms with Crippen LogP contribution in [-0.2, 0) is 6.18 Å². The second-order valence-corrected chi connectivity index (χ2v) is 5.70. The number of nitrogens with one attached hydrogen (secondary N) is 1. The number of carbonyl (C=O) groups is 1. The van der Waals surface area contributed by atoms with Crippen LogP contribution in [0.4, 0.5) is 32.0 Å². The second kappa shape index (κ2) is 7.02. The molecule has 0 spiro atoms. The molecular formula is C18H10F6N2O2. The summed E-state index contributed by atoms with van der Waals surface area (Å²) in [5, 5.41) is 2.22. The van der Waals surface area contributed by atoms with Gasteiger partial charge >= 0.3 is 12.1 Å². The molecule has 1 amide bonds. The molecule has 0 fully saturated rings. The zero-order valence-corrected chi connectivity index (χ0v) is 14.0. The second-order valence-electron chi connectivity index (χ2n) is 5.70. The molecule has 10 heteroatoms. The topological polar surface area (TPSA) is 55.1 Å². The molecule has 2 aromatic carbocycles. The Balaban J connectivity index is 1.82. The third-order valence-corrected chi connectivity index (χ3v) is 3.69. The molecule has 0 saturated carbocycles. The maximum absolute atomic E-state index is 13.6. The van der Waals surface area contributed by atoms with Crippen LogP contribution in [0.25, 0.3) is 11.3 Å². The van der Waals surface area contributed by atoms with E-state index in [2.05, 4.69) is 14.7 Å². The van der Waals surface area contributed by atoms with Gasteiger partial charge in [-0.25, -0.2) is 18.2 Å². The molecule has 0 radical (unpaired) electrons. The highest BCUT2D eigenvalue weighted by Gasteiger charge is 2.38. The van der Waals surface area contributed by atoms with Gasteiger partial charge in [0.1, 0.15) is 34.5 Å². The highest BCUT2D eigenvalue weighted by Crippen LogP contribution is 2.33. The smallest absolute Gasteiger partial charge is 0.438 e. The van der Waals surface area contributed by atoms with Crippen LogP contribution in [-0.4, -0.2) is 10.9 Å². The zero-order valence-electron chi connectivity index (χ0n) is 14.0. The summed E-state index contributed by atoms with van der Waals surface area (Å²) in [4.78, 5) is 15.4. The van der Waals surface area contributed by atoms with E-state index < -0.39 is 41.0 Å². The Morgan fingerprint density at radius 1 is 1.04 bits per heavy atom. The van der Waals surface area contributed by atoms with Gasteiger partial charge in [-0.2, -0.15) is 13.2 Å². The lowest BCUT2D eigenvalue weighted by Gasteiger charge is -2.08. The average Bonchev–Trinajstić information content (AvgIpc) is 2.96. The summed E-state index contributed by atoms with van der Waals surface area (Å²) in [6, 6.07) is 6.03. The molecule has 3 rings (SSSR count). The van der Waals surface area contributed by atoms with Crippen LogP contribution >= 0.6 is 0 Å². The standard InChI is InChI=1S/C18H10F6N2O2/c1-8-15(26-17(28-8)18(22,23)24)9-2-4-11(5-3-9)25-16(27)14-12(20)6-10(19)7-13(14)21/h2-7H,1H3,(H,25,27). The molecule has 0 aliphatic carbocycles. The minimum atomic E-state index is -4.74. The molecule has 1 aromatic heterocycles. The fourth-order valence-electron chi connectivity index (χ4n) is 2.45. The SMILES string of the molecule is Cc1oc(C(F)(F)F)nc1-c1ccc(NC(=O)c2c(F)cc(F)cc2F)cc1. The monoisotopic (exact) mass is 400 g/mol. The normalized spacial score (nSPS) is 11.5. The molecule has 1 N–H and O–H groups in total. The summed E-state index contributed by atoms with van der Waals surface area (Å²) < 4.78 is 82.8. The van der Waals surface area contributed by atoms with Crippen LogP contribution in [0.15, 0.2) is 40.8 Å². The van der Waals surface area contributed by atoms with Gasteiger partial charge in [-0.15, -0.1) is 0 Å². The molecule has 28 heavy (non-hydrogen) atoms. The lowest BCUT2D eigenvalue weighted by Crippen LogP contribution is -2.16. The van der Waals surface area contributed by atoms with Crippen molar-refractivity contribution >= 4 is 11.6 Å². The first-order chi connectivity index (χ1) is 13.1. The van der Waals surface area contributed by atoms with Crippen molar-refractivity contribution in [3.8, 4) is 11.3 Å². The maximum atomic E-state index is 13.6. The van der Waals surface area contributed by atoms with E-state index >= 15 is 0 Å². The maximum Gasteiger partial charge on any atom is 0.468 e. The number of alkyl halides is 3. The molecule has 3 aromatic rings. The van der Waals surface area contributed by atoms with E-state index in [1.165, 1.54) is 31.2 Å². The van der Waals surface area contributed by atoms with Gasteiger partial charge in [0, 0.05) is 23.4 Å². The predicted octanol–water partition coefficient (Wildman–Crippen LogP) is 5.34. The number of rotatable bonds is 3. The van der Waals surface area contributed by atoms with Crippen LogP contribution in [0, 0.1) is 24.4 Å². The Hall–Kier alpha value is -3.30. The van der Waals surface area contributed by atoms with Crippen LogP contribution in [0.3, 0.4) is 0 Å². The molecule has 1 heterocycles. The van der Waals surface area contributed by atoms with E-state index in [0.717, 1.165) is 0 Å². The summed E-state index contributed by atoms with van der Waals surface area (Å²) >= 11 is 0. The molecule has 0 unspecified atom stereocenters. The molecule has 146 valence electrons. The molecule has 0 aliphatic heterocycles. The number of hydrogen-bond donors (Lipinski definition) is 1. The number of carbonyl (C=O) groups excluding carboxylic acids is 1. The van der Waals surface area contributed by atoms with Gasteiger partial charge in [0.2, 0.25) is 0 Å². The summed E-state index contributed by atoms with van der Waals surface area (Å²) in [6.45, 7) is 1.31. The fraction of sp³-hybridized carbons (Fsp3) is 0.111. The highest BCUT2D eigenvalue weighted by molar-refractivity contribution is 6.04. The Morgan fingerprint density at radius 3 is 2.11 bits per heavy atom. The van der Waals surface area contributed by atoms with Gasteiger partial charge in [-0.1, -0.05) is 12.1 Å². The molecule has 0 saturated heterocycles. The number of aryl methyl sites for hydroxylation is 1. The number of nitrogens with zero attached hydrogens (tertiary/aromatic N) is 1. The molecule has 0 aliphatic rings. The van der Waals surface area contributed by atoms with Gasteiger partial charge in [0.15, 0.2) is 0 Å². The van der Waals surface area contributed by atoms with Crippen molar-refractivity contribution in [2.24, 2.45) is 0 Å². The zero-order chi connectivity index (χ0) is 20.6. The number of oxazole rings is 1. The predicted molar refractivity (Wildman–Crippen MR) is 85.9 cm³/mol. The van der Waals surface area contributed by atoms with Crippen molar-refractivity contribution in [2.45, 2.75) is 13.1 Å². The average molecular weight is 400 g/mol. The van der Waals surface area contributed by atoms with Crippen LogP contribution in [0.5, 0.6) is 0 Å². The summed E-state index contributed by atoms with van der Waals surface area (Å²) in [7, 11) is 0. The van der Waals surface area contributed by atoms with Gasteiger partial charge in [-0.05, 0) is 19.1 Å². The van der Waals surface area contributed by atoms with Crippen LogP contribution in [0.2, 0.25) is 0 Å². The Bertz CT molecular complexity index is 1020. The van der Waals surface area contributed by atoms with Crippen LogP contribution < -0.4 is 5.32 Å². The number of amides is 1. The molecule has 4 nitrogen and oxygen atoms in total. The Labute approximate surface area is 153 Å². The quantitative estimate of drug-likeness (QED) is 0.604. The Kier molecular flexibility index (Phi) is 4.88. The minimum Gasteiger partial charge on any atom is -0.438 e. The third kappa shape index (κ3) is 3.85. The number of anilines is 1. The largest absolute Gasteiger partial charge is 0.468 e. The van der Waals surface area contributed by atoms with Crippen molar-refractivity contribution in [3.63, 3.8) is 0 Å². The summed E-state index contributed by atoms with van der Waals surface area (Å²) in [5.74, 6) is -6.51. The van der Waals surface area contributed by atoms with Gasteiger partial charge < -0.3 is 9.73 Å². The Morgan fingerprint density at radius 2 is 1.61 bits per heavy atom. The summed E-state index contributed by atoms with van der Waals surface area (Å²) in [6.07, 6.45) is -4.74. The molecule has 0 atom stereocenters. The molecule has 0 bridgehead atoms. The van der Waals surface area contributed by atoms with Crippen molar-refractivity contribution in [2.75, 3.05) is 5.32 Å². The van der Waals surface area contributed by atoms with E-state index in [-0.39, 0.29) is 22.7 Å². The molecular weight excluding hydrogens is 390 g/mol. The number of halogens is 6. The van der Waals surface area contributed by atoms with Crippen molar-refractivity contribution < 1.29 is 35.6 Å². The van der Waals surface area contributed by atoms with E-state index in [1.54, 1.807) is 0 Å². The number of hydrogen-bond acceptors (Lipinski definition) is 3. The van der Waals surface area contributed by atoms with Crippen molar-refractivity contribution in [1.82, 2.24) is 4.98 Å². The van der Waals surface area contributed by atoms with Crippen molar-refractivity contribution in [3.05, 3.63) is 71.1 Å². The van der Waals surface area contributed by atoms with E-state index in [4.69, 9.17) is 0 Å². The number of aromatic nitrogens is 1. The van der Waals surface area contributed by atoms with Crippen molar-refractivity contribution in [1.29, 1.82) is 0 Å². The third-order valence-electron chi connectivity index (χ3n) is 3.69. The number of benzene rings is 2. The highest BCUT2D eigenvalue weighted by atomic mass is 19.4. The fourth-order valence-corrected chi connectivity index (χ4v) is 2.45. The van der Waals surface area contributed by atoms with Gasteiger partial charge in [-0.3, -0.25) is 4.79 Å². The van der Waals surface area contributed by atoms with E-state index in [1.807, 2.05) is 0 Å². The lowest BCUT2D eigenvalue weighted by atomic mass is 10.1. The van der Waals surface area contributed by atoms with E-state index in [0.29, 0.717) is 12.1 Å². The minimum absolute atomic E-state index is 0.0409. The first-order valence-corrected chi connectivity index (χ1v) is 7.67. The first-order valence-electron chi connectivity index (χ1n) is 7.67. The summed E-state index contributed by atoms with van der Waals surface area (Å²) in [5.41, 5.74) is -0.628. The van der Waals surface area contributed by atoms with E-state index in [9.17, 15) is 31.1 Å². The van der Waals surface area contributed by atoms with Gasteiger partial charge in [0.25, 0.3) is 5.91 Å². The van der Waals surface area contributed by atoms with Gasteiger partial charge in [0.05, 0.1) is 0 Å². The lowest BCUT2D eigenvalue weighted by molar-refractivity contribution is -0.157. The van der Waals surface area contributed by atoms with Crippen LogP contribution in [0.1, 0.15) is 22.0 Å². The first kappa shape index (κ1) is 19.5.